The Balaban J connectivity index is 1.99. The molecule has 0 radical (unpaired) electrons. The van der Waals surface area contributed by atoms with Gasteiger partial charge in [0.15, 0.2) is 8.32 Å². The van der Waals surface area contributed by atoms with Crippen LogP contribution in [0.15, 0.2) is 0 Å². The summed E-state index contributed by atoms with van der Waals surface area (Å²) in [5, 5.41) is 0. The smallest absolute Gasteiger partial charge is 0.395 e. The quantitative estimate of drug-likeness (QED) is 0.186. The molecule has 6 saturated heterocycles. The maximum atomic E-state index is 7.57. The predicted molar refractivity (Wildman–Crippen MR) is 203 cm³/mol. The minimum absolute atomic E-state index is 0.234. The molecule has 6 fully saturated rings. The molecule has 13 nitrogen and oxygen atoms in total. The monoisotopic (exact) mass is 848 g/mol. The van der Waals surface area contributed by atoms with Crippen LogP contribution in [-0.4, -0.2) is 79.0 Å². The molecule has 0 aliphatic carbocycles. The van der Waals surface area contributed by atoms with E-state index in [-0.39, 0.29) is 44.3 Å². The first-order valence-corrected chi connectivity index (χ1v) is 35.6. The van der Waals surface area contributed by atoms with Gasteiger partial charge >= 0.3 is 70.7 Å². The lowest BCUT2D eigenvalue weighted by Crippen LogP contribution is -2.91. The first-order valence-electron chi connectivity index (χ1n) is 18.4. The van der Waals surface area contributed by atoms with Crippen molar-refractivity contribution in [1.29, 1.82) is 0 Å². The van der Waals surface area contributed by atoms with E-state index >= 15 is 0 Å². The van der Waals surface area contributed by atoms with Gasteiger partial charge in [0.2, 0.25) is 0 Å². The van der Waals surface area contributed by atoms with E-state index in [1.54, 1.807) is 0 Å². The van der Waals surface area contributed by atoms with Crippen molar-refractivity contribution in [2.75, 3.05) is 0 Å². The van der Waals surface area contributed by atoms with Gasteiger partial charge in [-0.15, -0.1) is 0 Å². The van der Waals surface area contributed by atoms with Crippen LogP contribution in [0.2, 0.25) is 57.4 Å². The Bertz CT molecular complexity index is 1100. The summed E-state index contributed by atoms with van der Waals surface area (Å²) in [6.45, 7) is 37.4. The van der Waals surface area contributed by atoms with Gasteiger partial charge in [0.05, 0.1) is 0 Å². The molecule has 0 aromatic carbocycles. The third kappa shape index (κ3) is 6.64. The van der Waals surface area contributed by atoms with Gasteiger partial charge in [-0.1, -0.05) is 117 Å². The van der Waals surface area contributed by atoms with Gasteiger partial charge < -0.3 is 53.5 Å². The number of rotatable bonds is 11. The van der Waals surface area contributed by atoms with Gasteiger partial charge in [0.25, 0.3) is 0 Å². The summed E-state index contributed by atoms with van der Waals surface area (Å²) in [6.07, 6.45) is 0.913. The minimum Gasteiger partial charge on any atom is -0.395 e. The van der Waals surface area contributed by atoms with Crippen molar-refractivity contribution in [3.8, 4) is 0 Å². The van der Waals surface area contributed by atoms with Gasteiger partial charge in [-0.2, -0.15) is 0 Å². The van der Waals surface area contributed by atoms with E-state index < -0.39 is 79.0 Å². The zero-order valence-electron chi connectivity index (χ0n) is 33.1. The Morgan fingerprint density at radius 3 is 0.714 bits per heavy atom. The lowest BCUT2D eigenvalue weighted by Gasteiger charge is -2.65. The highest BCUT2D eigenvalue weighted by Crippen LogP contribution is 2.59. The predicted octanol–water partition coefficient (Wildman–Crippen LogP) is 8.15. The lowest BCUT2D eigenvalue weighted by atomic mass is 10.4. The molecular weight excluding hydrogens is 785 g/mol. The second kappa shape index (κ2) is 13.3. The van der Waals surface area contributed by atoms with E-state index in [0.29, 0.717) is 0 Å². The normalized spacial score (nSPS) is 44.8. The van der Waals surface area contributed by atoms with Crippen LogP contribution in [0.3, 0.4) is 0 Å². The Kier molecular flexibility index (Phi) is 11.3. The molecule has 22 heteroatoms. The molecule has 6 heterocycles. The molecule has 0 aromatic rings. The van der Waals surface area contributed by atoms with Crippen LogP contribution in [0.1, 0.15) is 117 Å². The third-order valence-corrected chi connectivity index (χ3v) is 53.2. The summed E-state index contributed by atoms with van der Waals surface area (Å²) in [6, 6.07) is 0. The van der Waals surface area contributed by atoms with E-state index in [9.17, 15) is 0 Å². The van der Waals surface area contributed by atoms with Crippen LogP contribution < -0.4 is 0 Å². The van der Waals surface area contributed by atoms with Crippen LogP contribution in [-0.2, 0) is 53.5 Å². The highest BCUT2D eigenvalue weighted by molar-refractivity contribution is 7.04. The molecule has 286 valence electrons. The molecule has 1 atom stereocenters. The Hall–Kier alpha value is 1.43. The van der Waals surface area contributed by atoms with Gasteiger partial charge in [0.1, 0.15) is 0 Å². The van der Waals surface area contributed by atoms with Crippen LogP contribution >= 0.6 is 0 Å². The van der Waals surface area contributed by atoms with E-state index in [1.165, 1.54) is 0 Å². The average Bonchev–Trinajstić information content (AvgIpc) is 2.90. The molecule has 49 heavy (non-hydrogen) atoms. The Morgan fingerprint density at radius 2 is 0.551 bits per heavy atom. The van der Waals surface area contributed by atoms with Gasteiger partial charge in [-0.05, 0) is 18.6 Å². The van der Waals surface area contributed by atoms with E-state index in [2.05, 4.69) is 40.8 Å². The van der Waals surface area contributed by atoms with Crippen molar-refractivity contribution in [2.45, 2.75) is 175 Å². The Morgan fingerprint density at radius 1 is 0.367 bits per heavy atom. The van der Waals surface area contributed by atoms with Crippen molar-refractivity contribution in [3.63, 3.8) is 0 Å². The Labute approximate surface area is 305 Å². The summed E-state index contributed by atoms with van der Waals surface area (Å²) in [5.74, 6) is 0. The van der Waals surface area contributed by atoms with Crippen molar-refractivity contribution < 1.29 is 53.5 Å². The van der Waals surface area contributed by atoms with Crippen LogP contribution in [0, 0.1) is 0 Å². The fourth-order valence-electron chi connectivity index (χ4n) is 6.26. The van der Waals surface area contributed by atoms with E-state index in [0.717, 1.165) is 6.42 Å². The molecule has 0 spiro atoms. The lowest BCUT2D eigenvalue weighted by molar-refractivity contribution is -0.0580. The van der Waals surface area contributed by atoms with Crippen LogP contribution in [0.5, 0.6) is 0 Å². The molecule has 6 aliphatic heterocycles. The number of hydrogen-bond acceptors (Lipinski definition) is 13. The zero-order chi connectivity index (χ0) is 37.0. The zero-order valence-corrected chi connectivity index (χ0v) is 42.1. The summed E-state index contributed by atoms with van der Waals surface area (Å²) >= 11 is 0. The van der Waals surface area contributed by atoms with E-state index in [1.807, 2.05) is 83.1 Å². The molecule has 0 saturated carbocycles. The molecule has 6 aliphatic rings. The highest BCUT2D eigenvalue weighted by Gasteiger charge is 2.87. The topological polar surface area (TPSA) is 120 Å². The largest absolute Gasteiger partial charge is 0.646 e. The maximum absolute atomic E-state index is 7.57. The second-order valence-electron chi connectivity index (χ2n) is 17.0. The molecule has 8 bridgehead atoms. The van der Waals surface area contributed by atoms with Crippen LogP contribution in [0.4, 0.5) is 0 Å². The fourth-order valence-corrected chi connectivity index (χ4v) is 63.5. The summed E-state index contributed by atoms with van der Waals surface area (Å²) in [7, 11) is -34.8. The third-order valence-electron chi connectivity index (χ3n) is 10.5. The molecule has 0 aromatic heterocycles. The maximum Gasteiger partial charge on any atom is 0.646 e. The van der Waals surface area contributed by atoms with Crippen molar-refractivity contribution in [1.82, 2.24) is 0 Å². The summed E-state index contributed by atoms with van der Waals surface area (Å²) in [5.41, 5.74) is -1.70. The van der Waals surface area contributed by atoms with Gasteiger partial charge in [-0.25, -0.2) is 0 Å². The SMILES string of the molecule is CCC(C)[Si](C)(C)O[Si]12O[Si]3(C(C)C)O[Si]4(C(C)C)O[Si](C(C)C)(O1)O[Si]1(C(C)C)O[Si](C(C)C)(O2)O[Si](C(C)C)(O3)O[Si](C(C)C)(O4)O1. The van der Waals surface area contributed by atoms with Gasteiger partial charge in [-0.3, -0.25) is 0 Å². The first-order chi connectivity index (χ1) is 22.3. The van der Waals surface area contributed by atoms with Crippen molar-refractivity contribution >= 4 is 79.0 Å². The summed E-state index contributed by atoms with van der Waals surface area (Å²) < 4.78 is 98.1. The van der Waals surface area contributed by atoms with E-state index in [4.69, 9.17) is 53.5 Å². The first kappa shape index (κ1) is 41.6. The van der Waals surface area contributed by atoms with Crippen LogP contribution in [0.25, 0.3) is 0 Å². The molecule has 1 unspecified atom stereocenters. The molecule has 6 rings (SSSR count). The average molecular weight is 850 g/mol. The molecule has 0 amide bonds. The standard InChI is InChI=1S/C27H64O13Si9/c1-19-27(16)41(17,18)28-49-38-46(24(10)11)32-43(21(4)5)29-42(20(2)3)30-44(34-46,22(6)7)36-48(40-49,26(14)15)37-45(31-42,23(8)9)35-47(33-43,39-49)25(12)13/h20-27H,19H2,1-18H3. The van der Waals surface area contributed by atoms with Gasteiger partial charge in [0, 0.05) is 38.8 Å². The highest BCUT2D eigenvalue weighted by atomic mass is 28.6. The number of hydrogen-bond donors (Lipinski definition) is 0. The molecule has 0 N–H and O–H groups in total. The summed E-state index contributed by atoms with van der Waals surface area (Å²) in [4.78, 5) is 0. The molecular formula is C27H64O13Si9. The fraction of sp³-hybridized carbons (Fsp3) is 1.00. The van der Waals surface area contributed by atoms with Crippen molar-refractivity contribution in [3.05, 3.63) is 0 Å². The second-order valence-corrected chi connectivity index (χ2v) is 49.4. The van der Waals surface area contributed by atoms with Crippen molar-refractivity contribution in [2.24, 2.45) is 0 Å². The minimum atomic E-state index is -4.41.